The lowest BCUT2D eigenvalue weighted by Crippen LogP contribution is -2.54. The summed E-state index contributed by atoms with van der Waals surface area (Å²) >= 11 is 0. The quantitative estimate of drug-likeness (QED) is 0.824. The monoisotopic (exact) mass is 251 g/mol. The molecule has 1 aromatic heterocycles. The largest absolute Gasteiger partial charge is 0.387 e. The lowest BCUT2D eigenvalue weighted by molar-refractivity contribution is -0.0392. The van der Waals surface area contributed by atoms with Crippen LogP contribution in [0.15, 0.2) is 18.3 Å². The number of amides is 1. The molecule has 1 amide bonds. The number of H-pyrrole nitrogens is 1. The maximum absolute atomic E-state index is 12.2. The molecule has 5 heteroatoms. The van der Waals surface area contributed by atoms with Crippen LogP contribution in [0.1, 0.15) is 23.3 Å². The highest BCUT2D eigenvalue weighted by Gasteiger charge is 2.35. The standard InChI is InChI=1S/C13H21N3O2/c1-15(2)9-13(18)6-4-8-16(10-13)12(17)11-5-3-7-14-11/h3,5,7,14,18H,4,6,8-10H2,1-2H3. The van der Waals surface area contributed by atoms with E-state index in [0.29, 0.717) is 25.3 Å². The molecular formula is C13H21N3O2. The lowest BCUT2D eigenvalue weighted by atomic mass is 9.92. The zero-order valence-electron chi connectivity index (χ0n) is 11.0. The zero-order valence-corrected chi connectivity index (χ0v) is 11.0. The third-order valence-corrected chi connectivity index (χ3v) is 3.28. The Bertz CT molecular complexity index is 402. The number of carbonyl (C=O) groups is 1. The topological polar surface area (TPSA) is 59.6 Å². The Morgan fingerprint density at radius 2 is 2.39 bits per heavy atom. The second-order valence-electron chi connectivity index (χ2n) is 5.38. The molecule has 0 radical (unpaired) electrons. The number of aromatic amines is 1. The van der Waals surface area contributed by atoms with Gasteiger partial charge in [-0.05, 0) is 39.1 Å². The number of piperidine rings is 1. The van der Waals surface area contributed by atoms with E-state index in [1.165, 1.54) is 0 Å². The van der Waals surface area contributed by atoms with Crippen LogP contribution in [0.25, 0.3) is 0 Å². The van der Waals surface area contributed by atoms with Gasteiger partial charge in [0.25, 0.3) is 5.91 Å². The van der Waals surface area contributed by atoms with Crippen LogP contribution >= 0.6 is 0 Å². The Labute approximate surface area is 107 Å². The van der Waals surface area contributed by atoms with E-state index in [2.05, 4.69) is 4.98 Å². The number of aliphatic hydroxyl groups is 1. The van der Waals surface area contributed by atoms with E-state index in [4.69, 9.17) is 0 Å². The first-order chi connectivity index (χ1) is 8.50. The van der Waals surface area contributed by atoms with E-state index < -0.39 is 5.60 Å². The summed E-state index contributed by atoms with van der Waals surface area (Å²) in [5.41, 5.74) is -0.201. The smallest absolute Gasteiger partial charge is 0.270 e. The van der Waals surface area contributed by atoms with Gasteiger partial charge < -0.3 is 19.9 Å². The molecular weight excluding hydrogens is 230 g/mol. The number of β-amino-alcohol motifs (C(OH)–C–C–N with tert-alkyl or cyclic N) is 1. The summed E-state index contributed by atoms with van der Waals surface area (Å²) in [6, 6.07) is 3.57. The predicted octanol–water partition coefficient (Wildman–Crippen LogP) is 0.543. The van der Waals surface area contributed by atoms with Crippen molar-refractivity contribution >= 4 is 5.91 Å². The first kappa shape index (κ1) is 13.1. The number of aromatic nitrogens is 1. The van der Waals surface area contributed by atoms with Crippen LogP contribution in [0.4, 0.5) is 0 Å². The Morgan fingerprint density at radius 3 is 3.00 bits per heavy atom. The van der Waals surface area contributed by atoms with Crippen molar-refractivity contribution in [3.63, 3.8) is 0 Å². The van der Waals surface area contributed by atoms with Crippen LogP contribution in [-0.2, 0) is 0 Å². The summed E-state index contributed by atoms with van der Waals surface area (Å²) in [4.78, 5) is 18.8. The van der Waals surface area contributed by atoms with Gasteiger partial charge >= 0.3 is 0 Å². The molecule has 1 atom stereocenters. The average molecular weight is 251 g/mol. The Hall–Kier alpha value is -1.33. The van der Waals surface area contributed by atoms with Gasteiger partial charge in [0, 0.05) is 19.3 Å². The molecule has 0 aliphatic carbocycles. The minimum Gasteiger partial charge on any atom is -0.387 e. The van der Waals surface area contributed by atoms with E-state index in [-0.39, 0.29) is 5.91 Å². The fraction of sp³-hybridized carbons (Fsp3) is 0.615. The third-order valence-electron chi connectivity index (χ3n) is 3.28. The first-order valence-corrected chi connectivity index (χ1v) is 6.30. The average Bonchev–Trinajstić information content (AvgIpc) is 2.79. The fourth-order valence-electron chi connectivity index (χ4n) is 2.64. The first-order valence-electron chi connectivity index (χ1n) is 6.30. The Morgan fingerprint density at radius 1 is 1.61 bits per heavy atom. The SMILES string of the molecule is CN(C)CC1(O)CCCN(C(=O)c2ccc[nH]2)C1. The van der Waals surface area contributed by atoms with Crippen molar-refractivity contribution in [2.24, 2.45) is 0 Å². The van der Waals surface area contributed by atoms with Gasteiger partial charge in [-0.3, -0.25) is 4.79 Å². The maximum Gasteiger partial charge on any atom is 0.270 e. The van der Waals surface area contributed by atoms with Crippen molar-refractivity contribution in [2.45, 2.75) is 18.4 Å². The second-order valence-corrected chi connectivity index (χ2v) is 5.38. The number of nitrogens with zero attached hydrogens (tertiary/aromatic N) is 2. The molecule has 1 unspecified atom stereocenters. The molecule has 2 rings (SSSR count). The normalized spacial score (nSPS) is 24.6. The molecule has 0 aromatic carbocycles. The predicted molar refractivity (Wildman–Crippen MR) is 69.4 cm³/mol. The molecule has 2 heterocycles. The molecule has 1 aromatic rings. The molecule has 1 fully saturated rings. The summed E-state index contributed by atoms with van der Waals surface area (Å²) in [6.45, 7) is 1.71. The van der Waals surface area contributed by atoms with Crippen LogP contribution < -0.4 is 0 Å². The Balaban J connectivity index is 2.04. The van der Waals surface area contributed by atoms with Crippen molar-refractivity contribution in [3.8, 4) is 0 Å². The summed E-state index contributed by atoms with van der Waals surface area (Å²) in [6.07, 6.45) is 3.33. The number of hydrogen-bond acceptors (Lipinski definition) is 3. The van der Waals surface area contributed by atoms with Gasteiger partial charge in [-0.1, -0.05) is 0 Å². The molecule has 0 saturated carbocycles. The minimum absolute atomic E-state index is 0.0307. The summed E-state index contributed by atoms with van der Waals surface area (Å²) < 4.78 is 0. The summed E-state index contributed by atoms with van der Waals surface area (Å²) in [5, 5.41) is 10.5. The van der Waals surface area contributed by atoms with Gasteiger partial charge in [0.2, 0.25) is 0 Å². The number of nitrogens with one attached hydrogen (secondary N) is 1. The fourth-order valence-corrected chi connectivity index (χ4v) is 2.64. The zero-order chi connectivity index (χ0) is 13.2. The molecule has 100 valence electrons. The third kappa shape index (κ3) is 2.91. The van der Waals surface area contributed by atoms with Crippen LogP contribution in [0.3, 0.4) is 0 Å². The number of likely N-dealkylation sites (N-methyl/N-ethyl adjacent to an activating group) is 1. The molecule has 2 N–H and O–H groups in total. The molecule has 5 nitrogen and oxygen atoms in total. The van der Waals surface area contributed by atoms with Gasteiger partial charge in [0.15, 0.2) is 0 Å². The van der Waals surface area contributed by atoms with E-state index >= 15 is 0 Å². The maximum atomic E-state index is 12.2. The number of likely N-dealkylation sites (tertiary alicyclic amines) is 1. The van der Waals surface area contributed by atoms with Crippen molar-refractivity contribution in [2.75, 3.05) is 33.7 Å². The van der Waals surface area contributed by atoms with E-state index in [0.717, 1.165) is 12.8 Å². The minimum atomic E-state index is -0.788. The second kappa shape index (κ2) is 5.12. The van der Waals surface area contributed by atoms with Gasteiger partial charge in [0.1, 0.15) is 5.69 Å². The highest BCUT2D eigenvalue weighted by molar-refractivity contribution is 5.92. The number of rotatable bonds is 3. The van der Waals surface area contributed by atoms with Gasteiger partial charge in [0.05, 0.1) is 12.1 Å². The van der Waals surface area contributed by atoms with E-state index in [9.17, 15) is 9.90 Å². The molecule has 18 heavy (non-hydrogen) atoms. The molecule has 0 bridgehead atoms. The molecule has 1 aliphatic heterocycles. The van der Waals surface area contributed by atoms with Gasteiger partial charge in [-0.2, -0.15) is 0 Å². The van der Waals surface area contributed by atoms with Crippen molar-refractivity contribution < 1.29 is 9.90 Å². The molecule has 1 saturated heterocycles. The summed E-state index contributed by atoms with van der Waals surface area (Å²) in [7, 11) is 3.87. The van der Waals surface area contributed by atoms with E-state index in [1.807, 2.05) is 25.1 Å². The number of hydrogen-bond donors (Lipinski definition) is 2. The molecule has 0 spiro atoms. The highest BCUT2D eigenvalue weighted by Crippen LogP contribution is 2.22. The number of carbonyl (C=O) groups excluding carboxylic acids is 1. The van der Waals surface area contributed by atoms with E-state index in [1.54, 1.807) is 17.2 Å². The van der Waals surface area contributed by atoms with Crippen LogP contribution in [0.2, 0.25) is 0 Å². The Kier molecular flexibility index (Phi) is 3.73. The summed E-state index contributed by atoms with van der Waals surface area (Å²) in [5.74, 6) is -0.0307. The van der Waals surface area contributed by atoms with Gasteiger partial charge in [-0.25, -0.2) is 0 Å². The van der Waals surface area contributed by atoms with Crippen molar-refractivity contribution in [3.05, 3.63) is 24.0 Å². The van der Waals surface area contributed by atoms with Crippen LogP contribution in [-0.4, -0.2) is 65.1 Å². The molecule has 1 aliphatic rings. The highest BCUT2D eigenvalue weighted by atomic mass is 16.3. The van der Waals surface area contributed by atoms with Crippen LogP contribution in [0.5, 0.6) is 0 Å². The van der Waals surface area contributed by atoms with Crippen molar-refractivity contribution in [1.82, 2.24) is 14.8 Å². The van der Waals surface area contributed by atoms with Crippen molar-refractivity contribution in [1.29, 1.82) is 0 Å². The lowest BCUT2D eigenvalue weighted by Gasteiger charge is -2.40. The van der Waals surface area contributed by atoms with Gasteiger partial charge in [-0.15, -0.1) is 0 Å². The van der Waals surface area contributed by atoms with Crippen LogP contribution in [0, 0.1) is 0 Å².